The number of sulfonamides is 1. The topological polar surface area (TPSA) is 93.7 Å². The lowest BCUT2D eigenvalue weighted by molar-refractivity contribution is -0.111. The van der Waals surface area contributed by atoms with E-state index in [1.807, 2.05) is 54.6 Å². The summed E-state index contributed by atoms with van der Waals surface area (Å²) in [6, 6.07) is 29.3. The Balaban J connectivity index is 1.53. The molecule has 0 saturated carbocycles. The van der Waals surface area contributed by atoms with Crippen LogP contribution in [0.25, 0.3) is 11.6 Å². The Kier molecular flexibility index (Phi) is 7.90. The fourth-order valence-electron chi connectivity index (χ4n) is 3.55. The van der Waals surface area contributed by atoms with E-state index in [9.17, 15) is 13.2 Å². The predicted molar refractivity (Wildman–Crippen MR) is 146 cm³/mol. The number of rotatable bonds is 9. The molecule has 0 atom stereocenters. The van der Waals surface area contributed by atoms with Crippen molar-refractivity contribution >= 4 is 39.0 Å². The van der Waals surface area contributed by atoms with Crippen molar-refractivity contribution in [2.24, 2.45) is 0 Å². The summed E-state index contributed by atoms with van der Waals surface area (Å²) >= 11 is 0. The van der Waals surface area contributed by atoms with Crippen LogP contribution in [0.1, 0.15) is 11.1 Å². The Morgan fingerprint density at radius 1 is 0.703 bits per heavy atom. The van der Waals surface area contributed by atoms with E-state index < -0.39 is 10.0 Å². The molecule has 4 aromatic carbocycles. The first-order chi connectivity index (χ1) is 17.9. The highest BCUT2D eigenvalue weighted by Crippen LogP contribution is 2.24. The van der Waals surface area contributed by atoms with Crippen molar-refractivity contribution in [3.8, 4) is 11.5 Å². The molecule has 0 fully saturated rings. The van der Waals surface area contributed by atoms with Gasteiger partial charge in [0.05, 0.1) is 19.1 Å². The second kappa shape index (κ2) is 11.5. The van der Waals surface area contributed by atoms with Crippen molar-refractivity contribution in [2.45, 2.75) is 4.90 Å². The lowest BCUT2D eigenvalue weighted by atomic mass is 10.0. The van der Waals surface area contributed by atoms with E-state index in [-0.39, 0.29) is 10.8 Å². The zero-order valence-corrected chi connectivity index (χ0v) is 21.2. The summed E-state index contributed by atoms with van der Waals surface area (Å²) in [7, 11) is -0.674. The van der Waals surface area contributed by atoms with Crippen molar-refractivity contribution in [3.63, 3.8) is 0 Å². The summed E-state index contributed by atoms with van der Waals surface area (Å²) in [4.78, 5) is 13.3. The van der Waals surface area contributed by atoms with Crippen LogP contribution in [0.4, 0.5) is 11.4 Å². The van der Waals surface area contributed by atoms with Gasteiger partial charge in [-0.3, -0.25) is 9.52 Å². The number of amides is 1. The molecule has 37 heavy (non-hydrogen) atoms. The molecule has 2 N–H and O–H groups in total. The molecule has 0 spiro atoms. The molecular weight excluding hydrogens is 488 g/mol. The predicted octanol–water partition coefficient (Wildman–Crippen LogP) is 5.68. The Labute approximate surface area is 216 Å². The van der Waals surface area contributed by atoms with Crippen LogP contribution in [0.3, 0.4) is 0 Å². The highest BCUT2D eigenvalue weighted by Gasteiger charge is 2.16. The van der Waals surface area contributed by atoms with Crippen LogP contribution >= 0.6 is 0 Å². The maximum absolute atomic E-state index is 13.3. The van der Waals surface area contributed by atoms with Crippen LogP contribution in [0.5, 0.6) is 11.5 Å². The Morgan fingerprint density at radius 2 is 1.24 bits per heavy atom. The Hall–Kier alpha value is -4.56. The summed E-state index contributed by atoms with van der Waals surface area (Å²) in [5, 5.41) is 2.86. The normalized spacial score (nSPS) is 11.5. The zero-order chi connectivity index (χ0) is 26.3. The first-order valence-corrected chi connectivity index (χ1v) is 12.9. The van der Waals surface area contributed by atoms with Crippen LogP contribution in [-0.4, -0.2) is 28.5 Å². The molecule has 4 rings (SSSR count). The second-order valence-corrected chi connectivity index (χ2v) is 9.69. The fourth-order valence-corrected chi connectivity index (χ4v) is 4.61. The number of hydrogen-bond acceptors (Lipinski definition) is 5. The van der Waals surface area contributed by atoms with E-state index in [4.69, 9.17) is 9.47 Å². The Bertz CT molecular complexity index is 1480. The van der Waals surface area contributed by atoms with Gasteiger partial charge in [-0.05, 0) is 77.9 Å². The quantitative estimate of drug-likeness (QED) is 0.221. The number of nitrogens with one attached hydrogen (secondary N) is 2. The third-order valence-corrected chi connectivity index (χ3v) is 6.92. The van der Waals surface area contributed by atoms with Gasteiger partial charge in [-0.1, -0.05) is 42.5 Å². The molecule has 0 aromatic heterocycles. The summed E-state index contributed by atoms with van der Waals surface area (Å²) in [5.74, 6) is 1.02. The van der Waals surface area contributed by atoms with Gasteiger partial charge in [0.1, 0.15) is 11.5 Å². The van der Waals surface area contributed by atoms with Gasteiger partial charge in [0.15, 0.2) is 0 Å². The minimum absolute atomic E-state index is 0.0679. The highest BCUT2D eigenvalue weighted by atomic mass is 32.2. The van der Waals surface area contributed by atoms with Crippen LogP contribution in [-0.2, 0) is 14.8 Å². The van der Waals surface area contributed by atoms with Crippen LogP contribution in [0, 0.1) is 0 Å². The molecule has 0 bridgehead atoms. The van der Waals surface area contributed by atoms with Crippen LogP contribution in [0.15, 0.2) is 108 Å². The van der Waals surface area contributed by atoms with Gasteiger partial charge in [0.2, 0.25) is 0 Å². The SMILES string of the molecule is COc1ccc(/C=C(/C(=O)Nc2ccc(S(=O)(=O)Nc3ccc(OC)cc3)cc2)c2ccccc2)cc1. The molecule has 0 heterocycles. The first kappa shape index (κ1) is 25.5. The Morgan fingerprint density at radius 3 is 1.81 bits per heavy atom. The molecule has 0 saturated heterocycles. The summed E-state index contributed by atoms with van der Waals surface area (Å²) < 4.78 is 38.4. The number of ether oxygens (including phenoxy) is 2. The maximum Gasteiger partial charge on any atom is 0.261 e. The molecule has 7 nitrogen and oxygen atoms in total. The van der Waals surface area contributed by atoms with Crippen molar-refractivity contribution in [1.29, 1.82) is 0 Å². The number of benzene rings is 4. The van der Waals surface area contributed by atoms with Crippen molar-refractivity contribution < 1.29 is 22.7 Å². The minimum atomic E-state index is -3.81. The third-order valence-electron chi connectivity index (χ3n) is 5.52. The van der Waals surface area contributed by atoms with E-state index in [1.54, 1.807) is 49.6 Å². The average molecular weight is 515 g/mol. The van der Waals surface area contributed by atoms with Crippen molar-refractivity contribution in [1.82, 2.24) is 0 Å². The number of carbonyl (C=O) groups is 1. The number of anilines is 2. The summed E-state index contributed by atoms with van der Waals surface area (Å²) in [5.41, 5.74) is 2.92. The van der Waals surface area contributed by atoms with E-state index in [0.29, 0.717) is 22.7 Å². The molecular formula is C29H26N2O5S. The van der Waals surface area contributed by atoms with Gasteiger partial charge in [-0.25, -0.2) is 8.42 Å². The molecule has 188 valence electrons. The molecule has 1 amide bonds. The number of methoxy groups -OCH3 is 2. The monoisotopic (exact) mass is 514 g/mol. The summed E-state index contributed by atoms with van der Waals surface area (Å²) in [6.45, 7) is 0. The maximum atomic E-state index is 13.3. The smallest absolute Gasteiger partial charge is 0.261 e. The van der Waals surface area contributed by atoms with Crippen molar-refractivity contribution in [2.75, 3.05) is 24.3 Å². The van der Waals surface area contributed by atoms with Crippen LogP contribution in [0.2, 0.25) is 0 Å². The van der Waals surface area contributed by atoms with Gasteiger partial charge in [0, 0.05) is 16.9 Å². The van der Waals surface area contributed by atoms with Crippen molar-refractivity contribution in [3.05, 3.63) is 114 Å². The van der Waals surface area contributed by atoms with E-state index in [0.717, 1.165) is 16.9 Å². The lowest BCUT2D eigenvalue weighted by Gasteiger charge is -2.12. The van der Waals surface area contributed by atoms with Gasteiger partial charge < -0.3 is 14.8 Å². The minimum Gasteiger partial charge on any atom is -0.497 e. The number of carbonyl (C=O) groups excluding carboxylic acids is 1. The van der Waals surface area contributed by atoms with E-state index in [1.165, 1.54) is 19.2 Å². The van der Waals surface area contributed by atoms with Gasteiger partial charge in [-0.2, -0.15) is 0 Å². The molecule has 0 radical (unpaired) electrons. The molecule has 8 heteroatoms. The van der Waals surface area contributed by atoms with E-state index >= 15 is 0 Å². The molecule has 0 aliphatic carbocycles. The fraction of sp³-hybridized carbons (Fsp3) is 0.0690. The average Bonchev–Trinajstić information content (AvgIpc) is 2.93. The zero-order valence-electron chi connectivity index (χ0n) is 20.3. The second-order valence-electron chi connectivity index (χ2n) is 8.01. The third kappa shape index (κ3) is 6.56. The summed E-state index contributed by atoms with van der Waals surface area (Å²) in [6.07, 6.45) is 1.79. The molecule has 0 unspecified atom stereocenters. The largest absolute Gasteiger partial charge is 0.497 e. The van der Waals surface area contributed by atoms with Gasteiger partial charge in [-0.15, -0.1) is 0 Å². The van der Waals surface area contributed by atoms with Crippen LogP contribution < -0.4 is 19.5 Å². The molecule has 4 aromatic rings. The first-order valence-electron chi connectivity index (χ1n) is 11.4. The van der Waals surface area contributed by atoms with Gasteiger partial charge in [0.25, 0.3) is 15.9 Å². The molecule has 0 aliphatic rings. The lowest BCUT2D eigenvalue weighted by Crippen LogP contribution is -2.15. The highest BCUT2D eigenvalue weighted by molar-refractivity contribution is 7.92. The van der Waals surface area contributed by atoms with Gasteiger partial charge >= 0.3 is 0 Å². The number of hydrogen-bond donors (Lipinski definition) is 2. The standard InChI is InChI=1S/C29H26N2O5S/c1-35-25-14-8-21(9-15-25)20-28(22-6-4-3-5-7-22)29(32)30-23-12-18-27(19-13-23)37(33,34)31-24-10-16-26(36-2)17-11-24/h3-20,31H,1-2H3,(H,30,32)/b28-20+. The van der Waals surface area contributed by atoms with E-state index in [2.05, 4.69) is 10.0 Å². The molecule has 0 aliphatic heterocycles.